The number of carbonyl (C=O) groups is 2. The quantitative estimate of drug-likeness (QED) is 0.869. The van der Waals surface area contributed by atoms with Crippen LogP contribution in [-0.2, 0) is 11.2 Å². The maximum absolute atomic E-state index is 12.4. The van der Waals surface area contributed by atoms with E-state index in [1.165, 1.54) is 0 Å². The molecular weight excluding hydrogens is 350 g/mol. The molecule has 5 nitrogen and oxygen atoms in total. The van der Waals surface area contributed by atoms with Crippen LogP contribution in [0.15, 0.2) is 42.5 Å². The van der Waals surface area contributed by atoms with Gasteiger partial charge in [0.2, 0.25) is 5.91 Å². The van der Waals surface area contributed by atoms with E-state index in [1.54, 1.807) is 6.07 Å². The second-order valence-corrected chi connectivity index (χ2v) is 7.14. The van der Waals surface area contributed by atoms with E-state index in [0.29, 0.717) is 17.1 Å². The van der Waals surface area contributed by atoms with E-state index in [9.17, 15) is 9.59 Å². The third-order valence-corrected chi connectivity index (χ3v) is 5.25. The lowest BCUT2D eigenvalue weighted by Crippen LogP contribution is -2.44. The van der Waals surface area contributed by atoms with Crippen molar-refractivity contribution >= 4 is 34.8 Å². The van der Waals surface area contributed by atoms with E-state index in [-0.39, 0.29) is 17.9 Å². The van der Waals surface area contributed by atoms with Crippen LogP contribution in [0.1, 0.15) is 28.8 Å². The van der Waals surface area contributed by atoms with Crippen LogP contribution in [0.3, 0.4) is 0 Å². The summed E-state index contributed by atoms with van der Waals surface area (Å²) in [5, 5.41) is 6.57. The summed E-state index contributed by atoms with van der Waals surface area (Å²) >= 11 is 5.88. The van der Waals surface area contributed by atoms with Gasteiger partial charge >= 0.3 is 0 Å². The van der Waals surface area contributed by atoms with E-state index >= 15 is 0 Å². The zero-order valence-corrected chi connectivity index (χ0v) is 15.1. The lowest BCUT2D eigenvalue weighted by molar-refractivity contribution is -0.117. The lowest BCUT2D eigenvalue weighted by Gasteiger charge is -2.33. The fourth-order valence-corrected chi connectivity index (χ4v) is 3.77. The molecule has 1 atom stereocenters. The SMILES string of the molecule is O=C(NCCc1ccc(Cl)cc1)c1ccc2c(c1)NC(=O)C1CCCN21. The number of nitrogens with one attached hydrogen (secondary N) is 2. The number of hydrogen-bond acceptors (Lipinski definition) is 3. The van der Waals surface area contributed by atoms with Crippen LogP contribution in [0, 0.1) is 0 Å². The summed E-state index contributed by atoms with van der Waals surface area (Å²) in [6.45, 7) is 1.43. The number of nitrogens with zero attached hydrogens (tertiary/aromatic N) is 1. The maximum Gasteiger partial charge on any atom is 0.251 e. The maximum atomic E-state index is 12.4. The molecule has 2 aromatic rings. The molecule has 0 aliphatic carbocycles. The average Bonchev–Trinajstić information content (AvgIpc) is 3.13. The highest BCUT2D eigenvalue weighted by Gasteiger charge is 2.36. The van der Waals surface area contributed by atoms with E-state index < -0.39 is 0 Å². The molecule has 2 aromatic carbocycles. The number of anilines is 2. The van der Waals surface area contributed by atoms with Gasteiger partial charge in [0.1, 0.15) is 6.04 Å². The second kappa shape index (κ2) is 7.00. The van der Waals surface area contributed by atoms with Crippen molar-refractivity contribution in [3.63, 3.8) is 0 Å². The second-order valence-electron chi connectivity index (χ2n) is 6.70. The predicted molar refractivity (Wildman–Crippen MR) is 103 cm³/mol. The zero-order valence-electron chi connectivity index (χ0n) is 14.3. The van der Waals surface area contributed by atoms with Gasteiger partial charge in [0.05, 0.1) is 11.4 Å². The number of halogens is 1. The minimum absolute atomic E-state index is 0.0234. The first kappa shape index (κ1) is 16.9. The van der Waals surface area contributed by atoms with Crippen LogP contribution >= 0.6 is 11.6 Å². The van der Waals surface area contributed by atoms with Gasteiger partial charge in [-0.15, -0.1) is 0 Å². The molecule has 1 saturated heterocycles. The third kappa shape index (κ3) is 3.27. The highest BCUT2D eigenvalue weighted by Crippen LogP contribution is 2.37. The number of benzene rings is 2. The molecule has 26 heavy (non-hydrogen) atoms. The molecule has 0 aromatic heterocycles. The Bertz CT molecular complexity index is 851. The molecule has 2 aliphatic heterocycles. The Kier molecular flexibility index (Phi) is 4.55. The summed E-state index contributed by atoms with van der Waals surface area (Å²) in [4.78, 5) is 26.8. The molecule has 0 saturated carbocycles. The lowest BCUT2D eigenvalue weighted by atomic mass is 10.1. The van der Waals surface area contributed by atoms with Crippen LogP contribution < -0.4 is 15.5 Å². The van der Waals surface area contributed by atoms with Crippen molar-refractivity contribution in [1.29, 1.82) is 0 Å². The monoisotopic (exact) mass is 369 g/mol. The van der Waals surface area contributed by atoms with E-state index in [4.69, 9.17) is 11.6 Å². The van der Waals surface area contributed by atoms with Crippen molar-refractivity contribution in [3.05, 3.63) is 58.6 Å². The van der Waals surface area contributed by atoms with Gasteiger partial charge in [-0.05, 0) is 55.2 Å². The van der Waals surface area contributed by atoms with Crippen molar-refractivity contribution in [2.45, 2.75) is 25.3 Å². The molecule has 0 bridgehead atoms. The summed E-state index contributed by atoms with van der Waals surface area (Å²) in [5.74, 6) is -0.116. The van der Waals surface area contributed by atoms with Crippen LogP contribution in [-0.4, -0.2) is 30.9 Å². The van der Waals surface area contributed by atoms with Gasteiger partial charge in [0.15, 0.2) is 0 Å². The van der Waals surface area contributed by atoms with Gasteiger partial charge in [-0.3, -0.25) is 9.59 Å². The van der Waals surface area contributed by atoms with E-state index in [0.717, 1.165) is 42.7 Å². The Morgan fingerprint density at radius 2 is 2.04 bits per heavy atom. The number of amides is 2. The number of rotatable bonds is 4. The van der Waals surface area contributed by atoms with Gasteiger partial charge in [-0.25, -0.2) is 0 Å². The van der Waals surface area contributed by atoms with Crippen molar-refractivity contribution in [1.82, 2.24) is 5.32 Å². The molecule has 1 unspecified atom stereocenters. The fraction of sp³-hybridized carbons (Fsp3) is 0.300. The van der Waals surface area contributed by atoms with Gasteiger partial charge in [0.25, 0.3) is 5.91 Å². The van der Waals surface area contributed by atoms with Gasteiger partial charge in [-0.1, -0.05) is 23.7 Å². The summed E-state index contributed by atoms with van der Waals surface area (Å²) in [6.07, 6.45) is 2.64. The van der Waals surface area contributed by atoms with Crippen molar-refractivity contribution in [2.75, 3.05) is 23.3 Å². The van der Waals surface area contributed by atoms with Gasteiger partial charge in [0, 0.05) is 23.7 Å². The van der Waals surface area contributed by atoms with Crippen LogP contribution in [0.5, 0.6) is 0 Å². The highest BCUT2D eigenvalue weighted by atomic mass is 35.5. The van der Waals surface area contributed by atoms with Gasteiger partial charge in [-0.2, -0.15) is 0 Å². The minimum Gasteiger partial charge on any atom is -0.358 e. The van der Waals surface area contributed by atoms with E-state index in [2.05, 4.69) is 15.5 Å². The predicted octanol–water partition coefficient (Wildman–Crippen LogP) is 3.23. The smallest absolute Gasteiger partial charge is 0.251 e. The molecular formula is C20H20ClN3O2. The molecule has 2 aliphatic rings. The first-order chi connectivity index (χ1) is 12.6. The highest BCUT2D eigenvalue weighted by molar-refractivity contribution is 6.30. The summed E-state index contributed by atoms with van der Waals surface area (Å²) in [6, 6.07) is 13.0. The number of carbonyl (C=O) groups excluding carboxylic acids is 2. The molecule has 1 fully saturated rings. The molecule has 2 amide bonds. The van der Waals surface area contributed by atoms with E-state index in [1.807, 2.05) is 36.4 Å². The van der Waals surface area contributed by atoms with Crippen molar-refractivity contribution < 1.29 is 9.59 Å². The molecule has 2 heterocycles. The normalized spacial score (nSPS) is 18.1. The van der Waals surface area contributed by atoms with Crippen LogP contribution in [0.4, 0.5) is 11.4 Å². The fourth-order valence-electron chi connectivity index (χ4n) is 3.65. The molecule has 0 radical (unpaired) electrons. The minimum atomic E-state index is -0.139. The topological polar surface area (TPSA) is 61.4 Å². The summed E-state index contributed by atoms with van der Waals surface area (Å²) in [5.41, 5.74) is 3.40. The average molecular weight is 370 g/mol. The Balaban J connectivity index is 1.41. The third-order valence-electron chi connectivity index (χ3n) is 4.99. The Labute approximate surface area is 157 Å². The molecule has 6 heteroatoms. The number of hydrogen-bond donors (Lipinski definition) is 2. The van der Waals surface area contributed by atoms with Crippen molar-refractivity contribution in [3.8, 4) is 0 Å². The largest absolute Gasteiger partial charge is 0.358 e. The Morgan fingerprint density at radius 3 is 2.85 bits per heavy atom. The van der Waals surface area contributed by atoms with Crippen LogP contribution in [0.2, 0.25) is 5.02 Å². The van der Waals surface area contributed by atoms with Crippen molar-refractivity contribution in [2.24, 2.45) is 0 Å². The molecule has 4 rings (SSSR count). The number of fused-ring (bicyclic) bond motifs is 3. The van der Waals surface area contributed by atoms with Gasteiger partial charge < -0.3 is 15.5 Å². The first-order valence-corrected chi connectivity index (χ1v) is 9.24. The standard InChI is InChI=1S/C20H20ClN3O2/c21-15-6-3-13(4-7-15)9-10-22-19(25)14-5-8-17-16(12-14)23-20(26)18-2-1-11-24(17)18/h3-8,12,18H,1-2,9-11H2,(H,22,25)(H,23,26). The summed E-state index contributed by atoms with van der Waals surface area (Å²) < 4.78 is 0. The first-order valence-electron chi connectivity index (χ1n) is 8.86. The zero-order chi connectivity index (χ0) is 18.1. The summed E-state index contributed by atoms with van der Waals surface area (Å²) in [7, 11) is 0. The Hall–Kier alpha value is -2.53. The molecule has 0 spiro atoms. The van der Waals surface area contributed by atoms with Crippen LogP contribution in [0.25, 0.3) is 0 Å². The Morgan fingerprint density at radius 1 is 1.23 bits per heavy atom. The molecule has 2 N–H and O–H groups in total. The molecule has 134 valence electrons.